The minimum absolute atomic E-state index is 0.0152. The highest BCUT2D eigenvalue weighted by molar-refractivity contribution is 7.13. The molecule has 0 aliphatic heterocycles. The highest BCUT2D eigenvalue weighted by Gasteiger charge is 2.10. The van der Waals surface area contributed by atoms with Crippen molar-refractivity contribution in [1.29, 1.82) is 0 Å². The highest BCUT2D eigenvalue weighted by Crippen LogP contribution is 2.29. The van der Waals surface area contributed by atoms with Crippen LogP contribution in [-0.4, -0.2) is 16.7 Å². The van der Waals surface area contributed by atoms with Crippen LogP contribution in [0.2, 0.25) is 0 Å². The van der Waals surface area contributed by atoms with E-state index >= 15 is 0 Å². The van der Waals surface area contributed by atoms with Crippen LogP contribution in [0.25, 0.3) is 21.8 Å². The standard InChI is InChI=1S/C27H24N2O2S/c1-19-7-11-21(12-8-19)24-18-32-27(29-24)23-13-9-20(10-14-23)17-28-26(31)16-15-25(30)22-5-3-2-4-6-22/h2-14,18H,15-17H2,1H3,(H,28,31). The third kappa shape index (κ3) is 5.56. The molecule has 0 bridgehead atoms. The van der Waals surface area contributed by atoms with Crippen LogP contribution >= 0.6 is 11.3 Å². The fourth-order valence-electron chi connectivity index (χ4n) is 3.31. The van der Waals surface area contributed by atoms with Crippen molar-refractivity contribution in [2.75, 3.05) is 0 Å². The Kier molecular flexibility index (Phi) is 6.87. The first-order valence-corrected chi connectivity index (χ1v) is 11.4. The van der Waals surface area contributed by atoms with E-state index in [1.807, 2.05) is 42.5 Å². The fourth-order valence-corrected chi connectivity index (χ4v) is 4.15. The average Bonchev–Trinajstić information content (AvgIpc) is 3.33. The minimum Gasteiger partial charge on any atom is -0.352 e. The number of aromatic nitrogens is 1. The first-order valence-electron chi connectivity index (χ1n) is 10.6. The molecule has 1 aromatic heterocycles. The summed E-state index contributed by atoms with van der Waals surface area (Å²) in [6, 6.07) is 25.5. The summed E-state index contributed by atoms with van der Waals surface area (Å²) in [6.07, 6.45) is 0.398. The number of nitrogens with zero attached hydrogens (tertiary/aromatic N) is 1. The Labute approximate surface area is 192 Å². The Balaban J connectivity index is 1.29. The molecule has 32 heavy (non-hydrogen) atoms. The number of carbonyl (C=O) groups is 2. The van der Waals surface area contributed by atoms with Gasteiger partial charge in [-0.2, -0.15) is 0 Å². The summed E-state index contributed by atoms with van der Waals surface area (Å²) in [6.45, 7) is 2.51. The zero-order valence-corrected chi connectivity index (χ0v) is 18.7. The zero-order valence-electron chi connectivity index (χ0n) is 17.9. The molecule has 0 aliphatic rings. The van der Waals surface area contributed by atoms with E-state index in [4.69, 9.17) is 4.98 Å². The number of amides is 1. The summed E-state index contributed by atoms with van der Waals surface area (Å²) < 4.78 is 0. The molecule has 3 aromatic carbocycles. The van der Waals surface area contributed by atoms with Crippen LogP contribution in [0, 0.1) is 6.92 Å². The van der Waals surface area contributed by atoms with E-state index in [-0.39, 0.29) is 24.5 Å². The SMILES string of the molecule is Cc1ccc(-c2csc(-c3ccc(CNC(=O)CCC(=O)c4ccccc4)cc3)n2)cc1. The van der Waals surface area contributed by atoms with Gasteiger partial charge in [0, 0.05) is 41.5 Å². The third-order valence-corrected chi connectivity index (χ3v) is 6.11. The monoisotopic (exact) mass is 440 g/mol. The fraction of sp³-hybridized carbons (Fsp3) is 0.148. The number of rotatable bonds is 8. The van der Waals surface area contributed by atoms with E-state index in [2.05, 4.69) is 41.9 Å². The van der Waals surface area contributed by atoms with E-state index in [0.29, 0.717) is 12.1 Å². The van der Waals surface area contributed by atoms with E-state index in [0.717, 1.165) is 27.4 Å². The summed E-state index contributed by atoms with van der Waals surface area (Å²) in [5, 5.41) is 5.93. The third-order valence-electron chi connectivity index (χ3n) is 5.22. The van der Waals surface area contributed by atoms with Crippen LogP contribution in [0.15, 0.2) is 84.2 Å². The average molecular weight is 441 g/mol. The predicted molar refractivity (Wildman–Crippen MR) is 130 cm³/mol. The molecular weight excluding hydrogens is 416 g/mol. The van der Waals surface area contributed by atoms with E-state index in [1.165, 1.54) is 5.56 Å². The summed E-state index contributed by atoms with van der Waals surface area (Å²) in [5.74, 6) is -0.139. The first-order chi connectivity index (χ1) is 15.6. The van der Waals surface area contributed by atoms with Crippen LogP contribution in [0.5, 0.6) is 0 Å². The highest BCUT2D eigenvalue weighted by atomic mass is 32.1. The molecule has 4 nitrogen and oxygen atoms in total. The number of Topliss-reactive ketones (excluding diaryl/α,β-unsaturated/α-hetero) is 1. The molecule has 0 saturated carbocycles. The number of aryl methyl sites for hydroxylation is 1. The number of benzene rings is 3. The number of thiazole rings is 1. The van der Waals surface area contributed by atoms with Crippen LogP contribution < -0.4 is 5.32 Å². The number of hydrogen-bond donors (Lipinski definition) is 1. The molecule has 0 atom stereocenters. The van der Waals surface area contributed by atoms with Gasteiger partial charge < -0.3 is 5.32 Å². The quantitative estimate of drug-likeness (QED) is 0.339. The second-order valence-corrected chi connectivity index (χ2v) is 8.52. The molecule has 160 valence electrons. The molecular formula is C27H24N2O2S. The molecule has 0 saturated heterocycles. The second kappa shape index (κ2) is 10.2. The van der Waals surface area contributed by atoms with Crippen LogP contribution in [0.4, 0.5) is 0 Å². The van der Waals surface area contributed by atoms with Gasteiger partial charge in [-0.05, 0) is 12.5 Å². The molecule has 5 heteroatoms. The summed E-state index contributed by atoms with van der Waals surface area (Å²) in [4.78, 5) is 29.0. The maximum atomic E-state index is 12.1. The first kappa shape index (κ1) is 21.7. The Hall–Kier alpha value is -3.57. The van der Waals surface area contributed by atoms with Gasteiger partial charge in [-0.3, -0.25) is 9.59 Å². The lowest BCUT2D eigenvalue weighted by molar-refractivity contribution is -0.121. The van der Waals surface area contributed by atoms with Gasteiger partial charge >= 0.3 is 0 Å². The molecule has 0 fully saturated rings. The molecule has 0 aliphatic carbocycles. The van der Waals surface area contributed by atoms with Crippen LogP contribution in [0.1, 0.15) is 34.3 Å². The molecule has 0 unspecified atom stereocenters. The van der Waals surface area contributed by atoms with Gasteiger partial charge in [0.05, 0.1) is 5.69 Å². The number of ketones is 1. The topological polar surface area (TPSA) is 59.1 Å². The molecule has 1 amide bonds. The smallest absolute Gasteiger partial charge is 0.220 e. The molecule has 1 heterocycles. The number of carbonyl (C=O) groups excluding carboxylic acids is 2. The molecule has 0 spiro atoms. The van der Waals surface area contributed by atoms with Gasteiger partial charge in [0.15, 0.2) is 5.78 Å². The Bertz CT molecular complexity index is 1200. The van der Waals surface area contributed by atoms with Gasteiger partial charge in [-0.15, -0.1) is 11.3 Å². The van der Waals surface area contributed by atoms with Crippen LogP contribution in [0.3, 0.4) is 0 Å². The van der Waals surface area contributed by atoms with Crippen molar-refractivity contribution in [1.82, 2.24) is 10.3 Å². The van der Waals surface area contributed by atoms with Crippen LogP contribution in [-0.2, 0) is 11.3 Å². The van der Waals surface area contributed by atoms with Crippen molar-refractivity contribution < 1.29 is 9.59 Å². The van der Waals surface area contributed by atoms with Crippen molar-refractivity contribution in [3.8, 4) is 21.8 Å². The lowest BCUT2D eigenvalue weighted by Gasteiger charge is -2.06. The van der Waals surface area contributed by atoms with Gasteiger partial charge in [-0.1, -0.05) is 84.4 Å². The molecule has 4 rings (SSSR count). The normalized spacial score (nSPS) is 10.7. The van der Waals surface area contributed by atoms with Gasteiger partial charge in [0.2, 0.25) is 5.91 Å². The van der Waals surface area contributed by atoms with Crippen molar-refractivity contribution >= 4 is 23.0 Å². The van der Waals surface area contributed by atoms with E-state index in [1.54, 1.807) is 23.5 Å². The maximum absolute atomic E-state index is 12.1. The summed E-state index contributed by atoms with van der Waals surface area (Å²) in [7, 11) is 0. The number of nitrogens with one attached hydrogen (secondary N) is 1. The predicted octanol–water partition coefficient (Wildman–Crippen LogP) is 6.06. The van der Waals surface area contributed by atoms with Gasteiger partial charge in [0.1, 0.15) is 5.01 Å². The minimum atomic E-state index is -0.124. The van der Waals surface area contributed by atoms with Crippen molar-refractivity contribution in [2.45, 2.75) is 26.3 Å². The summed E-state index contributed by atoms with van der Waals surface area (Å²) >= 11 is 1.62. The molecule has 4 aromatic rings. The largest absolute Gasteiger partial charge is 0.352 e. The lowest BCUT2D eigenvalue weighted by atomic mass is 10.1. The van der Waals surface area contributed by atoms with Gasteiger partial charge in [0.25, 0.3) is 0 Å². The van der Waals surface area contributed by atoms with Crippen molar-refractivity contribution in [3.05, 3.63) is 101 Å². The Morgan fingerprint density at radius 1 is 0.844 bits per heavy atom. The molecule has 0 radical (unpaired) electrons. The second-order valence-electron chi connectivity index (χ2n) is 7.67. The van der Waals surface area contributed by atoms with E-state index in [9.17, 15) is 9.59 Å². The number of hydrogen-bond acceptors (Lipinski definition) is 4. The maximum Gasteiger partial charge on any atom is 0.220 e. The van der Waals surface area contributed by atoms with Crippen molar-refractivity contribution in [3.63, 3.8) is 0 Å². The zero-order chi connectivity index (χ0) is 22.3. The lowest BCUT2D eigenvalue weighted by Crippen LogP contribution is -2.23. The summed E-state index contributed by atoms with van der Waals surface area (Å²) in [5.41, 5.74) is 6.02. The van der Waals surface area contributed by atoms with E-state index < -0.39 is 0 Å². The Morgan fingerprint density at radius 2 is 1.53 bits per heavy atom. The Morgan fingerprint density at radius 3 is 2.25 bits per heavy atom. The van der Waals surface area contributed by atoms with Gasteiger partial charge in [-0.25, -0.2) is 4.98 Å². The van der Waals surface area contributed by atoms with Crippen molar-refractivity contribution in [2.24, 2.45) is 0 Å². The molecule has 1 N–H and O–H groups in total.